The van der Waals surface area contributed by atoms with Gasteiger partial charge in [-0.05, 0) is 42.6 Å². The van der Waals surface area contributed by atoms with Gasteiger partial charge < -0.3 is 5.11 Å². The van der Waals surface area contributed by atoms with E-state index in [0.29, 0.717) is 13.1 Å². The molecule has 0 aromatic heterocycles. The number of aliphatic hydroxyl groups excluding tert-OH is 1. The number of aliphatic hydroxyl groups is 1. The molecule has 2 aliphatic heterocycles. The van der Waals surface area contributed by atoms with E-state index in [4.69, 9.17) is 0 Å². The lowest BCUT2D eigenvalue weighted by molar-refractivity contribution is -0.119. The molecule has 2 heterocycles. The van der Waals surface area contributed by atoms with Gasteiger partial charge in [0.15, 0.2) is 0 Å². The van der Waals surface area contributed by atoms with E-state index in [2.05, 4.69) is 17.1 Å². The zero-order chi connectivity index (χ0) is 17.2. The Morgan fingerprint density at radius 2 is 1.60 bits per heavy atom. The largest absolute Gasteiger partial charge is 0.392 e. The first-order valence-corrected chi connectivity index (χ1v) is 8.82. The number of likely N-dealkylation sites (tertiary alicyclic amines) is 1. The van der Waals surface area contributed by atoms with Crippen molar-refractivity contribution in [2.45, 2.75) is 18.9 Å². The van der Waals surface area contributed by atoms with E-state index in [-0.39, 0.29) is 12.0 Å². The number of carbonyl (C=O) groups excluding carboxylic acids is 1. The van der Waals surface area contributed by atoms with Gasteiger partial charge in [-0.2, -0.15) is 0 Å². The van der Waals surface area contributed by atoms with Gasteiger partial charge in [-0.15, -0.1) is 0 Å². The van der Waals surface area contributed by atoms with Gasteiger partial charge in [0.25, 0.3) is 0 Å². The molecule has 4 rings (SSSR count). The third-order valence-corrected chi connectivity index (χ3v) is 4.89. The molecular weight excluding hydrogens is 312 g/mol. The number of fused-ring (bicyclic) bond motifs is 2. The highest BCUT2D eigenvalue weighted by molar-refractivity contribution is 6.07. The number of carbonyl (C=O) groups is 1. The first kappa shape index (κ1) is 16.1. The molecule has 1 fully saturated rings. The van der Waals surface area contributed by atoms with E-state index in [9.17, 15) is 9.90 Å². The van der Waals surface area contributed by atoms with Gasteiger partial charge in [0.05, 0.1) is 24.0 Å². The predicted octanol–water partition coefficient (Wildman–Crippen LogP) is 3.29. The van der Waals surface area contributed by atoms with Crippen molar-refractivity contribution in [1.82, 2.24) is 4.90 Å². The SMILES string of the molecule is O=C(CN1CCCC(O)C1)N1c2ccccc2C=Cc2ccccc21. The standard InChI is InChI=1S/C21H22N2O2/c24-18-8-5-13-22(14-18)15-21(25)23-19-9-3-1-6-16(19)11-12-17-7-2-4-10-20(17)23/h1-4,6-7,9-12,18,24H,5,8,13-15H2. The molecule has 0 saturated carbocycles. The number of para-hydroxylation sites is 2. The van der Waals surface area contributed by atoms with Crippen LogP contribution in [0.4, 0.5) is 11.4 Å². The summed E-state index contributed by atoms with van der Waals surface area (Å²) in [5.74, 6) is 0.0395. The Kier molecular flexibility index (Phi) is 4.38. The Bertz CT molecular complexity index is 766. The second kappa shape index (κ2) is 6.82. The Morgan fingerprint density at radius 1 is 1.00 bits per heavy atom. The minimum absolute atomic E-state index is 0.0395. The van der Waals surface area contributed by atoms with Gasteiger partial charge in [0.1, 0.15) is 0 Å². The van der Waals surface area contributed by atoms with Crippen LogP contribution in [0, 0.1) is 0 Å². The highest BCUT2D eigenvalue weighted by Gasteiger charge is 2.27. The third-order valence-electron chi connectivity index (χ3n) is 4.89. The smallest absolute Gasteiger partial charge is 0.245 e. The Labute approximate surface area is 148 Å². The summed E-state index contributed by atoms with van der Waals surface area (Å²) in [6.45, 7) is 1.75. The Balaban J connectivity index is 1.70. The number of nitrogens with zero attached hydrogens (tertiary/aromatic N) is 2. The summed E-state index contributed by atoms with van der Waals surface area (Å²) in [6, 6.07) is 15.9. The van der Waals surface area contributed by atoms with Crippen LogP contribution in [0.3, 0.4) is 0 Å². The average Bonchev–Trinajstić information content (AvgIpc) is 2.78. The van der Waals surface area contributed by atoms with Crippen LogP contribution in [-0.2, 0) is 4.79 Å². The fraction of sp³-hybridized carbons (Fsp3) is 0.286. The molecule has 0 aliphatic carbocycles. The molecule has 2 aromatic carbocycles. The van der Waals surface area contributed by atoms with Gasteiger partial charge in [-0.3, -0.25) is 14.6 Å². The lowest BCUT2D eigenvalue weighted by Gasteiger charge is -2.32. The second-order valence-electron chi connectivity index (χ2n) is 6.71. The molecule has 0 spiro atoms. The van der Waals surface area contributed by atoms with Gasteiger partial charge >= 0.3 is 0 Å². The number of rotatable bonds is 2. The first-order chi connectivity index (χ1) is 12.2. The summed E-state index contributed by atoms with van der Waals surface area (Å²) < 4.78 is 0. The van der Waals surface area contributed by atoms with E-state index >= 15 is 0 Å². The van der Waals surface area contributed by atoms with Crippen LogP contribution >= 0.6 is 0 Å². The summed E-state index contributed by atoms with van der Waals surface area (Å²) in [5.41, 5.74) is 3.88. The molecule has 2 aliphatic rings. The van der Waals surface area contributed by atoms with Crippen molar-refractivity contribution in [3.05, 3.63) is 59.7 Å². The zero-order valence-electron chi connectivity index (χ0n) is 14.1. The number of piperidine rings is 1. The van der Waals surface area contributed by atoms with Crippen molar-refractivity contribution in [3.63, 3.8) is 0 Å². The van der Waals surface area contributed by atoms with Crippen LogP contribution in [0.25, 0.3) is 12.2 Å². The number of amides is 1. The van der Waals surface area contributed by atoms with Crippen LogP contribution in [0.2, 0.25) is 0 Å². The van der Waals surface area contributed by atoms with Gasteiger partial charge in [-0.1, -0.05) is 48.6 Å². The van der Waals surface area contributed by atoms with Gasteiger partial charge in [0, 0.05) is 6.54 Å². The minimum atomic E-state index is -0.327. The molecule has 0 bridgehead atoms. The first-order valence-electron chi connectivity index (χ1n) is 8.82. The fourth-order valence-corrected chi connectivity index (χ4v) is 3.68. The fourth-order valence-electron chi connectivity index (χ4n) is 3.68. The van der Waals surface area contributed by atoms with Crippen molar-refractivity contribution >= 4 is 29.4 Å². The van der Waals surface area contributed by atoms with Gasteiger partial charge in [-0.25, -0.2) is 0 Å². The highest BCUT2D eigenvalue weighted by Crippen LogP contribution is 2.36. The quantitative estimate of drug-likeness (QED) is 0.916. The molecule has 0 radical (unpaired) electrons. The lowest BCUT2D eigenvalue weighted by atomic mass is 10.1. The molecule has 1 amide bonds. The maximum Gasteiger partial charge on any atom is 0.245 e. The molecule has 4 nitrogen and oxygen atoms in total. The second-order valence-corrected chi connectivity index (χ2v) is 6.71. The van der Waals surface area contributed by atoms with E-state index < -0.39 is 0 Å². The normalized spacial score (nSPS) is 19.9. The lowest BCUT2D eigenvalue weighted by Crippen LogP contribution is -2.44. The van der Waals surface area contributed by atoms with Crippen molar-refractivity contribution in [1.29, 1.82) is 0 Å². The van der Waals surface area contributed by atoms with Gasteiger partial charge in [0.2, 0.25) is 5.91 Å². The van der Waals surface area contributed by atoms with E-state index in [0.717, 1.165) is 41.9 Å². The summed E-state index contributed by atoms with van der Waals surface area (Å²) >= 11 is 0. The molecule has 1 N–H and O–H groups in total. The zero-order valence-corrected chi connectivity index (χ0v) is 14.1. The van der Waals surface area contributed by atoms with Crippen molar-refractivity contribution in [2.75, 3.05) is 24.5 Å². The van der Waals surface area contributed by atoms with E-state index in [1.54, 1.807) is 0 Å². The molecule has 128 valence electrons. The molecule has 2 aromatic rings. The van der Waals surface area contributed by atoms with Crippen LogP contribution in [0.15, 0.2) is 48.5 Å². The molecule has 1 atom stereocenters. The molecular formula is C21H22N2O2. The summed E-state index contributed by atoms with van der Waals surface area (Å²) in [7, 11) is 0. The number of hydrogen-bond acceptors (Lipinski definition) is 3. The molecule has 1 unspecified atom stereocenters. The maximum absolute atomic E-state index is 13.2. The van der Waals surface area contributed by atoms with Crippen LogP contribution in [-0.4, -0.2) is 41.7 Å². The molecule has 4 heteroatoms. The number of anilines is 2. The average molecular weight is 334 g/mol. The minimum Gasteiger partial charge on any atom is -0.392 e. The highest BCUT2D eigenvalue weighted by atomic mass is 16.3. The third kappa shape index (κ3) is 3.23. The number of β-amino-alcohol motifs (C(OH)–C–C–N with tert-alkyl or cyclic N) is 1. The Hall–Kier alpha value is -2.43. The summed E-state index contributed by atoms with van der Waals surface area (Å²) in [4.78, 5) is 17.1. The topological polar surface area (TPSA) is 43.8 Å². The molecule has 25 heavy (non-hydrogen) atoms. The van der Waals surface area contributed by atoms with Crippen molar-refractivity contribution in [3.8, 4) is 0 Å². The summed E-state index contributed by atoms with van der Waals surface area (Å²) in [5, 5.41) is 9.89. The number of hydrogen-bond donors (Lipinski definition) is 1. The Morgan fingerprint density at radius 3 is 2.20 bits per heavy atom. The van der Waals surface area contributed by atoms with Crippen LogP contribution in [0.5, 0.6) is 0 Å². The maximum atomic E-state index is 13.2. The van der Waals surface area contributed by atoms with E-state index in [1.165, 1.54) is 0 Å². The number of benzene rings is 2. The van der Waals surface area contributed by atoms with Crippen LogP contribution in [0.1, 0.15) is 24.0 Å². The van der Waals surface area contributed by atoms with Crippen LogP contribution < -0.4 is 4.90 Å². The summed E-state index contributed by atoms with van der Waals surface area (Å²) in [6.07, 6.45) is 5.55. The predicted molar refractivity (Wildman–Crippen MR) is 101 cm³/mol. The van der Waals surface area contributed by atoms with Crippen molar-refractivity contribution in [2.24, 2.45) is 0 Å². The monoisotopic (exact) mass is 334 g/mol. The molecule has 1 saturated heterocycles. The van der Waals surface area contributed by atoms with E-state index in [1.807, 2.05) is 53.4 Å². The van der Waals surface area contributed by atoms with Crippen molar-refractivity contribution < 1.29 is 9.90 Å².